The molecule has 0 atom stereocenters. The van der Waals surface area contributed by atoms with Crippen molar-refractivity contribution in [2.24, 2.45) is 0 Å². The zero-order valence-electron chi connectivity index (χ0n) is 16.8. The van der Waals surface area contributed by atoms with Gasteiger partial charge in [-0.15, -0.1) is 0 Å². The summed E-state index contributed by atoms with van der Waals surface area (Å²) in [7, 11) is 0. The molecular weight excluding hydrogens is 380 g/mol. The predicted molar refractivity (Wildman–Crippen MR) is 117 cm³/mol. The minimum absolute atomic E-state index is 0.212. The van der Waals surface area contributed by atoms with E-state index in [1.165, 1.54) is 19.3 Å². The maximum absolute atomic E-state index is 12.7. The van der Waals surface area contributed by atoms with Crippen LogP contribution in [0, 0.1) is 6.92 Å². The molecule has 7 heteroatoms. The summed E-state index contributed by atoms with van der Waals surface area (Å²) in [4.78, 5) is 27.3. The zero-order valence-corrected chi connectivity index (χ0v) is 16.8. The van der Waals surface area contributed by atoms with Crippen molar-refractivity contribution in [3.8, 4) is 11.4 Å². The van der Waals surface area contributed by atoms with E-state index in [9.17, 15) is 14.7 Å². The molecule has 154 valence electrons. The Morgan fingerprint density at radius 1 is 1.00 bits per heavy atom. The summed E-state index contributed by atoms with van der Waals surface area (Å²) in [5, 5.41) is 17.0. The Balaban J connectivity index is 1.56. The molecule has 30 heavy (non-hydrogen) atoms. The smallest absolute Gasteiger partial charge is 0.279 e. The maximum atomic E-state index is 12.7. The number of amides is 1. The number of rotatable bonds is 4. The van der Waals surface area contributed by atoms with Crippen LogP contribution in [-0.4, -0.2) is 33.9 Å². The van der Waals surface area contributed by atoms with E-state index in [4.69, 9.17) is 0 Å². The number of aromatic nitrogens is 2. The summed E-state index contributed by atoms with van der Waals surface area (Å²) in [6.07, 6.45) is 3.66. The van der Waals surface area contributed by atoms with Gasteiger partial charge in [-0.3, -0.25) is 9.59 Å². The van der Waals surface area contributed by atoms with E-state index in [1.807, 2.05) is 37.3 Å². The summed E-state index contributed by atoms with van der Waals surface area (Å²) < 4.78 is 1.11. The van der Waals surface area contributed by atoms with E-state index in [0.717, 1.165) is 35.1 Å². The molecule has 0 aliphatic carbocycles. The van der Waals surface area contributed by atoms with Gasteiger partial charge in [0.25, 0.3) is 11.5 Å². The summed E-state index contributed by atoms with van der Waals surface area (Å²) in [5.41, 5.74) is 2.47. The lowest BCUT2D eigenvalue weighted by Gasteiger charge is -2.28. The fourth-order valence-electron chi connectivity index (χ4n) is 3.65. The average molecular weight is 404 g/mol. The van der Waals surface area contributed by atoms with E-state index < -0.39 is 17.2 Å². The Bertz CT molecular complexity index is 1120. The summed E-state index contributed by atoms with van der Waals surface area (Å²) in [6.45, 7) is 3.99. The van der Waals surface area contributed by atoms with Crippen molar-refractivity contribution in [2.45, 2.75) is 26.2 Å². The van der Waals surface area contributed by atoms with Gasteiger partial charge in [-0.2, -0.15) is 9.78 Å². The highest BCUT2D eigenvalue weighted by molar-refractivity contribution is 6.04. The number of nitrogens with one attached hydrogen (secondary N) is 1. The number of hydrogen-bond acceptors (Lipinski definition) is 5. The molecule has 4 rings (SSSR count). The third kappa shape index (κ3) is 4.20. The number of carbonyl (C=O) groups is 1. The number of benzene rings is 2. The predicted octanol–water partition coefficient (Wildman–Crippen LogP) is 3.49. The summed E-state index contributed by atoms with van der Waals surface area (Å²) in [5.74, 6) is -1.04. The Morgan fingerprint density at radius 2 is 1.73 bits per heavy atom. The van der Waals surface area contributed by atoms with Crippen molar-refractivity contribution in [2.75, 3.05) is 23.3 Å². The molecule has 3 aromatic rings. The molecule has 0 bridgehead atoms. The Hall–Kier alpha value is -3.61. The minimum Gasteiger partial charge on any atom is -0.505 e. The molecule has 2 heterocycles. The van der Waals surface area contributed by atoms with Gasteiger partial charge >= 0.3 is 0 Å². The van der Waals surface area contributed by atoms with E-state index in [1.54, 1.807) is 18.2 Å². The number of aryl methyl sites for hydroxylation is 1. The van der Waals surface area contributed by atoms with E-state index in [-0.39, 0.29) is 5.69 Å². The molecule has 1 amide bonds. The van der Waals surface area contributed by atoms with Crippen LogP contribution < -0.4 is 15.8 Å². The highest BCUT2D eigenvalue weighted by Crippen LogP contribution is 2.22. The van der Waals surface area contributed by atoms with Gasteiger partial charge in [-0.25, -0.2) is 0 Å². The van der Waals surface area contributed by atoms with Crippen molar-refractivity contribution in [1.82, 2.24) is 9.78 Å². The van der Waals surface area contributed by atoms with E-state index >= 15 is 0 Å². The second-order valence-corrected chi connectivity index (χ2v) is 7.52. The molecule has 0 unspecified atom stereocenters. The van der Waals surface area contributed by atoms with Gasteiger partial charge in [0.1, 0.15) is 0 Å². The van der Waals surface area contributed by atoms with Gasteiger partial charge in [0, 0.05) is 30.5 Å². The molecule has 0 saturated carbocycles. The third-order valence-corrected chi connectivity index (χ3v) is 5.22. The van der Waals surface area contributed by atoms with Crippen LogP contribution in [0.4, 0.5) is 11.4 Å². The van der Waals surface area contributed by atoms with Crippen LogP contribution in [-0.2, 0) is 0 Å². The second kappa shape index (κ2) is 8.41. The first-order chi connectivity index (χ1) is 14.5. The molecule has 1 aromatic heterocycles. The van der Waals surface area contributed by atoms with Crippen LogP contribution in [0.1, 0.15) is 35.3 Å². The van der Waals surface area contributed by atoms with Gasteiger partial charge in [-0.1, -0.05) is 12.1 Å². The molecule has 1 aliphatic heterocycles. The molecule has 1 saturated heterocycles. The average Bonchev–Trinajstić information content (AvgIpc) is 2.75. The number of nitrogens with zero attached hydrogens (tertiary/aromatic N) is 3. The van der Waals surface area contributed by atoms with Crippen LogP contribution in [0.25, 0.3) is 5.69 Å². The van der Waals surface area contributed by atoms with Crippen LogP contribution in [0.5, 0.6) is 5.75 Å². The first-order valence-electron chi connectivity index (χ1n) is 10.1. The quantitative estimate of drug-likeness (QED) is 0.695. The number of carbonyl (C=O) groups excluding carboxylic acids is 1. The fourth-order valence-corrected chi connectivity index (χ4v) is 3.65. The van der Waals surface area contributed by atoms with Gasteiger partial charge in [0.2, 0.25) is 0 Å². The van der Waals surface area contributed by atoms with Crippen molar-refractivity contribution in [3.05, 3.63) is 76.2 Å². The van der Waals surface area contributed by atoms with Crippen LogP contribution in [0.15, 0.2) is 59.4 Å². The van der Waals surface area contributed by atoms with Gasteiger partial charge < -0.3 is 15.3 Å². The van der Waals surface area contributed by atoms with Gasteiger partial charge in [0.05, 0.1) is 5.69 Å². The largest absolute Gasteiger partial charge is 0.505 e. The lowest BCUT2D eigenvalue weighted by atomic mass is 10.1. The minimum atomic E-state index is -0.584. The Kier molecular flexibility index (Phi) is 5.52. The van der Waals surface area contributed by atoms with Gasteiger partial charge in [-0.05, 0) is 68.1 Å². The number of aromatic hydroxyl groups is 1. The molecule has 0 radical (unpaired) electrons. The highest BCUT2D eigenvalue weighted by atomic mass is 16.3. The summed E-state index contributed by atoms with van der Waals surface area (Å²) in [6, 6.07) is 15.8. The third-order valence-electron chi connectivity index (χ3n) is 5.22. The highest BCUT2D eigenvalue weighted by Gasteiger charge is 2.18. The van der Waals surface area contributed by atoms with Gasteiger partial charge in [0.15, 0.2) is 11.4 Å². The van der Waals surface area contributed by atoms with E-state index in [0.29, 0.717) is 11.4 Å². The van der Waals surface area contributed by atoms with Crippen LogP contribution in [0.2, 0.25) is 0 Å². The Labute approximate surface area is 174 Å². The number of piperidine rings is 1. The topological polar surface area (TPSA) is 87.5 Å². The van der Waals surface area contributed by atoms with Crippen molar-refractivity contribution < 1.29 is 9.90 Å². The number of hydrogen-bond donors (Lipinski definition) is 2. The van der Waals surface area contributed by atoms with Crippen molar-refractivity contribution in [3.63, 3.8) is 0 Å². The molecule has 7 nitrogen and oxygen atoms in total. The molecule has 1 aliphatic rings. The molecule has 2 N–H and O–H groups in total. The first kappa shape index (κ1) is 19.7. The monoisotopic (exact) mass is 404 g/mol. The number of anilines is 2. The standard InChI is InChI=1S/C23H24N4O3/c1-16-6-5-7-19(14-16)27-21(29)15-20(28)22(25-27)23(30)24-17-8-10-18(11-9-17)26-12-3-2-4-13-26/h5-11,14-15,28H,2-4,12-13H2,1H3,(H,24,30). The second-order valence-electron chi connectivity index (χ2n) is 7.52. The molecule has 0 spiro atoms. The first-order valence-corrected chi connectivity index (χ1v) is 10.1. The lowest BCUT2D eigenvalue weighted by molar-refractivity contribution is 0.101. The Morgan fingerprint density at radius 3 is 2.43 bits per heavy atom. The fraction of sp³-hybridized carbons (Fsp3) is 0.261. The van der Waals surface area contributed by atoms with Crippen molar-refractivity contribution in [1.29, 1.82) is 0 Å². The zero-order chi connectivity index (χ0) is 21.1. The SMILES string of the molecule is Cc1cccc(-n2nc(C(=O)Nc3ccc(N4CCCCC4)cc3)c(O)cc2=O)c1. The maximum Gasteiger partial charge on any atom is 0.279 e. The van der Waals surface area contributed by atoms with Crippen LogP contribution >= 0.6 is 0 Å². The van der Waals surface area contributed by atoms with Crippen LogP contribution in [0.3, 0.4) is 0 Å². The normalized spacial score (nSPS) is 13.8. The lowest BCUT2D eigenvalue weighted by Crippen LogP contribution is -2.29. The molecule has 1 fully saturated rings. The summed E-state index contributed by atoms with van der Waals surface area (Å²) >= 11 is 0. The molecular formula is C23H24N4O3. The van der Waals surface area contributed by atoms with Crippen molar-refractivity contribution >= 4 is 17.3 Å². The van der Waals surface area contributed by atoms with E-state index in [2.05, 4.69) is 15.3 Å². The molecule has 2 aromatic carbocycles.